The molecule has 0 saturated heterocycles. The van der Waals surface area contributed by atoms with E-state index >= 15 is 0 Å². The van der Waals surface area contributed by atoms with Gasteiger partial charge in [0.2, 0.25) is 5.95 Å². The number of carbonyl (C=O) groups excluding carboxylic acids is 1. The maximum absolute atomic E-state index is 13.0. The first kappa shape index (κ1) is 17.5. The summed E-state index contributed by atoms with van der Waals surface area (Å²) in [5, 5.41) is 8.79. The summed E-state index contributed by atoms with van der Waals surface area (Å²) in [5.41, 5.74) is -0.332. The van der Waals surface area contributed by atoms with Crippen molar-refractivity contribution < 1.29 is 27.1 Å². The molecule has 0 radical (unpaired) electrons. The zero-order valence-corrected chi connectivity index (χ0v) is 13.4. The average Bonchev–Trinajstić information content (AvgIpc) is 3.25. The van der Waals surface area contributed by atoms with Crippen LogP contribution in [0.25, 0.3) is 11.4 Å². The molecule has 0 bridgehead atoms. The number of ether oxygens (including phenoxy) is 1. The number of aromatic nitrogens is 3. The number of alkyl halides is 3. The molecular formula is C16H13F3N4O3. The van der Waals surface area contributed by atoms with E-state index in [1.165, 1.54) is 31.6 Å². The van der Waals surface area contributed by atoms with E-state index in [9.17, 15) is 18.0 Å². The van der Waals surface area contributed by atoms with Gasteiger partial charge in [0.05, 0.1) is 17.4 Å². The van der Waals surface area contributed by atoms with Crippen molar-refractivity contribution in [3.05, 3.63) is 48.4 Å². The predicted octanol–water partition coefficient (Wildman–Crippen LogP) is 3.49. The molecule has 0 aliphatic carbocycles. The van der Waals surface area contributed by atoms with Gasteiger partial charge in [-0.2, -0.15) is 18.2 Å². The van der Waals surface area contributed by atoms with E-state index in [2.05, 4.69) is 20.5 Å². The Morgan fingerprint density at radius 3 is 2.77 bits per heavy atom. The molecule has 2 aromatic heterocycles. The number of nitrogens with zero attached hydrogens (tertiary/aromatic N) is 2. The summed E-state index contributed by atoms with van der Waals surface area (Å²) in [6, 6.07) is 6.31. The summed E-state index contributed by atoms with van der Waals surface area (Å²) in [6.45, 7) is 1.33. The number of nitrogens with one attached hydrogen (secondary N) is 2. The number of H-pyrrole nitrogens is 1. The standard InChI is InChI=1S/C16H13F3N4O3/c1-9(26-12-5-3-2-4-11(12)16(17,18)19)14(24)21-15-20-13(22-23-15)10-6-7-25-8-10/h2-9H,1H3,(H2,20,21,22,23,24)/t9-/m0/s1. The topological polar surface area (TPSA) is 93.0 Å². The van der Waals surface area contributed by atoms with Gasteiger partial charge >= 0.3 is 6.18 Å². The second kappa shape index (κ2) is 6.90. The van der Waals surface area contributed by atoms with Gasteiger partial charge < -0.3 is 9.15 Å². The van der Waals surface area contributed by atoms with Gasteiger partial charge in [0.25, 0.3) is 5.91 Å². The number of amides is 1. The van der Waals surface area contributed by atoms with Gasteiger partial charge in [0.15, 0.2) is 11.9 Å². The Morgan fingerprint density at radius 2 is 2.08 bits per heavy atom. The Bertz CT molecular complexity index is 890. The highest BCUT2D eigenvalue weighted by Crippen LogP contribution is 2.36. The molecule has 2 N–H and O–H groups in total. The largest absolute Gasteiger partial charge is 0.480 e. The highest BCUT2D eigenvalue weighted by Gasteiger charge is 2.34. The summed E-state index contributed by atoms with van der Waals surface area (Å²) in [7, 11) is 0. The van der Waals surface area contributed by atoms with Crippen molar-refractivity contribution in [1.82, 2.24) is 15.2 Å². The van der Waals surface area contributed by atoms with Crippen LogP contribution >= 0.6 is 0 Å². The predicted molar refractivity (Wildman–Crippen MR) is 84.2 cm³/mol. The molecule has 136 valence electrons. The van der Waals surface area contributed by atoms with Crippen molar-refractivity contribution in [2.24, 2.45) is 0 Å². The quantitative estimate of drug-likeness (QED) is 0.721. The number of hydrogen-bond donors (Lipinski definition) is 2. The van der Waals surface area contributed by atoms with Gasteiger partial charge in [-0.1, -0.05) is 12.1 Å². The molecule has 3 rings (SSSR count). The van der Waals surface area contributed by atoms with E-state index in [1.54, 1.807) is 6.07 Å². The van der Waals surface area contributed by atoms with Gasteiger partial charge in [0, 0.05) is 0 Å². The molecule has 0 aliphatic heterocycles. The fourth-order valence-corrected chi connectivity index (χ4v) is 2.11. The Balaban J connectivity index is 1.68. The van der Waals surface area contributed by atoms with Crippen LogP contribution in [0.1, 0.15) is 12.5 Å². The van der Waals surface area contributed by atoms with Crippen LogP contribution in [0.5, 0.6) is 5.75 Å². The minimum atomic E-state index is -4.59. The SMILES string of the molecule is C[C@H](Oc1ccccc1C(F)(F)F)C(=O)Nc1n[nH]c(-c2ccoc2)n1. The lowest BCUT2D eigenvalue weighted by atomic mass is 10.2. The van der Waals surface area contributed by atoms with E-state index in [0.29, 0.717) is 11.4 Å². The first-order chi connectivity index (χ1) is 12.3. The smallest absolute Gasteiger partial charge is 0.419 e. The van der Waals surface area contributed by atoms with E-state index in [0.717, 1.165) is 12.1 Å². The Kier molecular flexibility index (Phi) is 4.65. The first-order valence-corrected chi connectivity index (χ1v) is 7.43. The summed E-state index contributed by atoms with van der Waals surface area (Å²) in [4.78, 5) is 16.2. The minimum absolute atomic E-state index is 0.0363. The summed E-state index contributed by atoms with van der Waals surface area (Å²) < 4.78 is 49.0. The van der Waals surface area contributed by atoms with Gasteiger partial charge in [-0.3, -0.25) is 15.2 Å². The molecular weight excluding hydrogens is 353 g/mol. The number of para-hydroxylation sites is 1. The molecule has 0 fully saturated rings. The van der Waals surface area contributed by atoms with Crippen molar-refractivity contribution in [2.75, 3.05) is 5.32 Å². The van der Waals surface area contributed by atoms with Crippen LogP contribution in [-0.2, 0) is 11.0 Å². The van der Waals surface area contributed by atoms with E-state index in [-0.39, 0.29) is 5.95 Å². The lowest BCUT2D eigenvalue weighted by molar-refractivity contribution is -0.140. The van der Waals surface area contributed by atoms with Crippen LogP contribution < -0.4 is 10.1 Å². The van der Waals surface area contributed by atoms with Gasteiger partial charge in [0.1, 0.15) is 12.0 Å². The molecule has 0 unspecified atom stereocenters. The van der Waals surface area contributed by atoms with Gasteiger partial charge in [-0.05, 0) is 25.1 Å². The zero-order valence-electron chi connectivity index (χ0n) is 13.4. The van der Waals surface area contributed by atoms with E-state index in [4.69, 9.17) is 9.15 Å². The van der Waals surface area contributed by atoms with E-state index < -0.39 is 29.5 Å². The summed E-state index contributed by atoms with van der Waals surface area (Å²) >= 11 is 0. The highest BCUT2D eigenvalue weighted by molar-refractivity contribution is 5.92. The molecule has 0 saturated carbocycles. The molecule has 7 nitrogen and oxygen atoms in total. The number of halogens is 3. The van der Waals surface area contributed by atoms with Crippen LogP contribution in [0.3, 0.4) is 0 Å². The number of hydrogen-bond acceptors (Lipinski definition) is 5. The number of furan rings is 1. The molecule has 1 aromatic carbocycles. The third-order valence-electron chi connectivity index (χ3n) is 3.38. The van der Waals surface area contributed by atoms with Crippen LogP contribution in [0.2, 0.25) is 0 Å². The molecule has 3 aromatic rings. The van der Waals surface area contributed by atoms with Crippen molar-refractivity contribution in [1.29, 1.82) is 0 Å². The molecule has 1 amide bonds. The highest BCUT2D eigenvalue weighted by atomic mass is 19.4. The number of rotatable bonds is 5. The molecule has 0 spiro atoms. The fourth-order valence-electron chi connectivity index (χ4n) is 2.11. The van der Waals surface area contributed by atoms with Crippen molar-refractivity contribution in [3.8, 4) is 17.1 Å². The van der Waals surface area contributed by atoms with Crippen LogP contribution in [0, 0.1) is 0 Å². The van der Waals surface area contributed by atoms with Gasteiger partial charge in [-0.25, -0.2) is 0 Å². The second-order valence-electron chi connectivity index (χ2n) is 5.26. The Morgan fingerprint density at radius 1 is 1.31 bits per heavy atom. The first-order valence-electron chi connectivity index (χ1n) is 7.43. The van der Waals surface area contributed by atoms with Crippen molar-refractivity contribution >= 4 is 11.9 Å². The zero-order chi connectivity index (χ0) is 18.7. The third-order valence-corrected chi connectivity index (χ3v) is 3.38. The maximum Gasteiger partial charge on any atom is 0.419 e. The Labute approximate surface area is 145 Å². The lowest BCUT2D eigenvalue weighted by Gasteiger charge is -2.17. The van der Waals surface area contributed by atoms with Crippen LogP contribution in [0.4, 0.5) is 19.1 Å². The third kappa shape index (κ3) is 3.85. The monoisotopic (exact) mass is 366 g/mol. The number of carbonyl (C=O) groups is 1. The maximum atomic E-state index is 13.0. The second-order valence-corrected chi connectivity index (χ2v) is 5.26. The van der Waals surface area contributed by atoms with Crippen LogP contribution in [0.15, 0.2) is 47.3 Å². The van der Waals surface area contributed by atoms with Crippen LogP contribution in [-0.4, -0.2) is 27.2 Å². The average molecular weight is 366 g/mol. The van der Waals surface area contributed by atoms with Crippen molar-refractivity contribution in [3.63, 3.8) is 0 Å². The number of aromatic amines is 1. The molecule has 2 heterocycles. The fraction of sp³-hybridized carbons (Fsp3) is 0.188. The lowest BCUT2D eigenvalue weighted by Crippen LogP contribution is -2.31. The number of benzene rings is 1. The molecule has 0 aliphatic rings. The van der Waals surface area contributed by atoms with Gasteiger partial charge in [-0.15, -0.1) is 5.10 Å². The molecule has 10 heteroatoms. The Hall–Kier alpha value is -3.30. The van der Waals surface area contributed by atoms with E-state index in [1.807, 2.05) is 0 Å². The number of anilines is 1. The molecule has 1 atom stereocenters. The minimum Gasteiger partial charge on any atom is -0.480 e. The normalized spacial score (nSPS) is 12.6. The molecule has 26 heavy (non-hydrogen) atoms. The summed E-state index contributed by atoms with van der Waals surface area (Å²) in [5.74, 6) is -0.799. The summed E-state index contributed by atoms with van der Waals surface area (Å²) in [6.07, 6.45) is -2.90. The van der Waals surface area contributed by atoms with Crippen molar-refractivity contribution in [2.45, 2.75) is 19.2 Å².